The average Bonchev–Trinajstić information content (AvgIpc) is 3.13. The van der Waals surface area contributed by atoms with Gasteiger partial charge in [-0.2, -0.15) is 0 Å². The SMILES string of the molecule is CCNC(=NCCN1CCN(c2ncccn2)CC1)N(C)Cc1csc(C)n1.I. The lowest BCUT2D eigenvalue weighted by atomic mass is 10.3. The Balaban J connectivity index is 0.00000300. The van der Waals surface area contributed by atoms with Crippen LogP contribution in [-0.4, -0.2) is 83.6 Å². The Labute approximate surface area is 194 Å². The van der Waals surface area contributed by atoms with E-state index in [1.54, 1.807) is 23.7 Å². The second-order valence-electron chi connectivity index (χ2n) is 6.83. The Hall–Kier alpha value is -1.53. The zero-order chi connectivity index (χ0) is 19.8. The van der Waals surface area contributed by atoms with Crippen molar-refractivity contribution in [1.29, 1.82) is 0 Å². The number of hydrogen-bond donors (Lipinski definition) is 1. The maximum Gasteiger partial charge on any atom is 0.225 e. The molecule has 1 aliphatic rings. The summed E-state index contributed by atoms with van der Waals surface area (Å²) in [6, 6.07) is 1.85. The van der Waals surface area contributed by atoms with Crippen LogP contribution >= 0.6 is 35.3 Å². The highest BCUT2D eigenvalue weighted by Crippen LogP contribution is 2.11. The number of nitrogens with zero attached hydrogens (tertiary/aromatic N) is 7. The van der Waals surface area contributed by atoms with Crippen LogP contribution in [0, 0.1) is 6.92 Å². The molecule has 2 aromatic heterocycles. The zero-order valence-electron chi connectivity index (χ0n) is 17.4. The number of guanidine groups is 1. The molecular formula is C19H31IN8S. The Morgan fingerprint density at radius 1 is 1.24 bits per heavy atom. The molecule has 0 atom stereocenters. The second-order valence-corrected chi connectivity index (χ2v) is 7.89. The van der Waals surface area contributed by atoms with Gasteiger partial charge >= 0.3 is 0 Å². The van der Waals surface area contributed by atoms with E-state index in [2.05, 4.69) is 54.3 Å². The van der Waals surface area contributed by atoms with Crippen LogP contribution in [0.3, 0.4) is 0 Å². The fourth-order valence-corrected chi connectivity index (χ4v) is 3.80. The molecule has 1 fully saturated rings. The van der Waals surface area contributed by atoms with E-state index >= 15 is 0 Å². The number of anilines is 1. The monoisotopic (exact) mass is 530 g/mol. The van der Waals surface area contributed by atoms with Gasteiger partial charge in [0.15, 0.2) is 5.96 Å². The standard InChI is InChI=1S/C19H30N8S.HI/c1-4-20-18(25(3)14-17-15-28-16(2)24-17)23-8-9-26-10-12-27(13-11-26)19-21-6-5-7-22-19;/h5-7,15H,4,8-14H2,1-3H3,(H,20,23);1H. The summed E-state index contributed by atoms with van der Waals surface area (Å²) < 4.78 is 0. The van der Waals surface area contributed by atoms with E-state index in [1.807, 2.05) is 13.0 Å². The van der Waals surface area contributed by atoms with Gasteiger partial charge in [0.1, 0.15) is 0 Å². The van der Waals surface area contributed by atoms with Crippen molar-refractivity contribution < 1.29 is 0 Å². The van der Waals surface area contributed by atoms with Crippen LogP contribution < -0.4 is 10.2 Å². The van der Waals surface area contributed by atoms with Crippen LogP contribution in [0.5, 0.6) is 0 Å². The van der Waals surface area contributed by atoms with Crippen LogP contribution in [0.15, 0.2) is 28.8 Å². The predicted molar refractivity (Wildman–Crippen MR) is 130 cm³/mol. The molecule has 0 radical (unpaired) electrons. The quantitative estimate of drug-likeness (QED) is 0.334. The van der Waals surface area contributed by atoms with Gasteiger partial charge in [-0.1, -0.05) is 0 Å². The van der Waals surface area contributed by atoms with Gasteiger partial charge in [0, 0.05) is 64.1 Å². The van der Waals surface area contributed by atoms with E-state index in [9.17, 15) is 0 Å². The Morgan fingerprint density at radius 2 is 1.97 bits per heavy atom. The molecule has 29 heavy (non-hydrogen) atoms. The van der Waals surface area contributed by atoms with Gasteiger partial charge < -0.3 is 15.1 Å². The molecule has 1 aliphatic heterocycles. The smallest absolute Gasteiger partial charge is 0.225 e. The molecule has 10 heteroatoms. The number of aromatic nitrogens is 3. The molecule has 0 aliphatic carbocycles. The molecule has 0 saturated carbocycles. The third kappa shape index (κ3) is 7.34. The van der Waals surface area contributed by atoms with Crippen LogP contribution in [0.2, 0.25) is 0 Å². The van der Waals surface area contributed by atoms with Crippen molar-refractivity contribution in [3.63, 3.8) is 0 Å². The minimum Gasteiger partial charge on any atom is -0.357 e. The van der Waals surface area contributed by atoms with E-state index in [1.165, 1.54) is 0 Å². The van der Waals surface area contributed by atoms with Crippen molar-refractivity contribution in [3.05, 3.63) is 34.5 Å². The second kappa shape index (κ2) is 12.2. The highest BCUT2D eigenvalue weighted by molar-refractivity contribution is 14.0. The number of aryl methyl sites for hydroxylation is 1. The highest BCUT2D eigenvalue weighted by Gasteiger charge is 2.18. The Kier molecular flexibility index (Phi) is 10.0. The van der Waals surface area contributed by atoms with Crippen molar-refractivity contribution in [1.82, 2.24) is 30.1 Å². The van der Waals surface area contributed by atoms with Gasteiger partial charge in [-0.15, -0.1) is 35.3 Å². The third-order valence-electron chi connectivity index (χ3n) is 4.65. The van der Waals surface area contributed by atoms with Crippen molar-refractivity contribution in [3.8, 4) is 0 Å². The van der Waals surface area contributed by atoms with Crippen molar-refractivity contribution in [2.75, 3.05) is 57.8 Å². The van der Waals surface area contributed by atoms with Gasteiger partial charge in [0.25, 0.3) is 0 Å². The van der Waals surface area contributed by atoms with Gasteiger partial charge in [-0.3, -0.25) is 9.89 Å². The Morgan fingerprint density at radius 3 is 2.59 bits per heavy atom. The first-order valence-corrected chi connectivity index (χ1v) is 10.7. The average molecular weight is 530 g/mol. The van der Waals surface area contributed by atoms with Crippen LogP contribution in [-0.2, 0) is 6.54 Å². The molecule has 8 nitrogen and oxygen atoms in total. The number of aliphatic imine (C=N–C) groups is 1. The number of nitrogens with one attached hydrogen (secondary N) is 1. The number of halogens is 1. The first-order valence-electron chi connectivity index (χ1n) is 9.80. The summed E-state index contributed by atoms with van der Waals surface area (Å²) in [5, 5.41) is 6.60. The number of piperazine rings is 1. The highest BCUT2D eigenvalue weighted by atomic mass is 127. The minimum absolute atomic E-state index is 0. The lowest BCUT2D eigenvalue weighted by Crippen LogP contribution is -2.47. The predicted octanol–water partition coefficient (Wildman–Crippen LogP) is 2.08. The van der Waals surface area contributed by atoms with E-state index in [-0.39, 0.29) is 24.0 Å². The normalized spacial score (nSPS) is 15.1. The molecule has 2 aromatic rings. The van der Waals surface area contributed by atoms with E-state index < -0.39 is 0 Å². The Bertz CT molecular complexity index is 746. The van der Waals surface area contributed by atoms with Gasteiger partial charge in [0.05, 0.1) is 23.8 Å². The van der Waals surface area contributed by atoms with Crippen molar-refractivity contribution >= 4 is 47.2 Å². The maximum absolute atomic E-state index is 4.81. The topological polar surface area (TPSA) is 72.8 Å². The summed E-state index contributed by atoms with van der Waals surface area (Å²) in [7, 11) is 2.06. The first kappa shape index (κ1) is 23.7. The number of hydrogen-bond acceptors (Lipinski definition) is 7. The number of thiazole rings is 1. The van der Waals surface area contributed by atoms with Gasteiger partial charge in [-0.05, 0) is 19.9 Å². The molecule has 1 N–H and O–H groups in total. The molecule has 160 valence electrons. The van der Waals surface area contributed by atoms with Crippen LogP contribution in [0.4, 0.5) is 5.95 Å². The maximum atomic E-state index is 4.81. The molecule has 0 bridgehead atoms. The van der Waals surface area contributed by atoms with Crippen LogP contribution in [0.1, 0.15) is 17.6 Å². The van der Waals surface area contributed by atoms with Gasteiger partial charge in [0.2, 0.25) is 5.95 Å². The molecule has 0 unspecified atom stereocenters. The van der Waals surface area contributed by atoms with E-state index in [0.717, 1.165) is 75.0 Å². The molecule has 0 spiro atoms. The fourth-order valence-electron chi connectivity index (χ4n) is 3.19. The summed E-state index contributed by atoms with van der Waals surface area (Å²) in [5.41, 5.74) is 1.09. The molecule has 3 heterocycles. The van der Waals surface area contributed by atoms with Crippen molar-refractivity contribution in [2.24, 2.45) is 4.99 Å². The summed E-state index contributed by atoms with van der Waals surface area (Å²) >= 11 is 1.69. The molecular weight excluding hydrogens is 499 g/mol. The summed E-state index contributed by atoms with van der Waals surface area (Å²) in [5.74, 6) is 1.76. The fraction of sp³-hybridized carbons (Fsp3) is 0.579. The first-order chi connectivity index (χ1) is 13.7. The van der Waals surface area contributed by atoms with Gasteiger partial charge in [-0.25, -0.2) is 15.0 Å². The number of rotatable bonds is 7. The van der Waals surface area contributed by atoms with E-state index in [4.69, 9.17) is 4.99 Å². The summed E-state index contributed by atoms with van der Waals surface area (Å²) in [6.07, 6.45) is 3.60. The molecule has 0 amide bonds. The lowest BCUT2D eigenvalue weighted by molar-refractivity contribution is 0.263. The van der Waals surface area contributed by atoms with Crippen molar-refractivity contribution in [2.45, 2.75) is 20.4 Å². The minimum atomic E-state index is 0. The largest absolute Gasteiger partial charge is 0.357 e. The molecule has 3 rings (SSSR count). The molecule has 1 saturated heterocycles. The summed E-state index contributed by atoms with van der Waals surface area (Å²) in [4.78, 5) is 24.9. The van der Waals surface area contributed by atoms with E-state index in [0.29, 0.717) is 0 Å². The molecule has 0 aromatic carbocycles. The third-order valence-corrected chi connectivity index (χ3v) is 5.47. The van der Waals surface area contributed by atoms with Crippen LogP contribution in [0.25, 0.3) is 0 Å². The zero-order valence-corrected chi connectivity index (χ0v) is 20.6. The summed E-state index contributed by atoms with van der Waals surface area (Å²) in [6.45, 7) is 11.4. The lowest BCUT2D eigenvalue weighted by Gasteiger charge is -2.34.